The van der Waals surface area contributed by atoms with Crippen molar-refractivity contribution in [2.24, 2.45) is 0 Å². The number of aromatic nitrogens is 2. The van der Waals surface area contributed by atoms with E-state index in [-0.39, 0.29) is 17.5 Å². The van der Waals surface area contributed by atoms with Gasteiger partial charge < -0.3 is 15.0 Å². The van der Waals surface area contributed by atoms with Gasteiger partial charge in [-0.15, -0.1) is 0 Å². The lowest BCUT2D eigenvalue weighted by Gasteiger charge is -2.33. The number of ether oxygens (including phenoxy) is 1. The zero-order valence-electron chi connectivity index (χ0n) is 16.8. The minimum atomic E-state index is -0.125. The number of aryl methyl sites for hydroxylation is 2. The van der Waals surface area contributed by atoms with Crippen LogP contribution in [0.4, 0.5) is 5.69 Å². The maximum atomic E-state index is 12.6. The van der Waals surface area contributed by atoms with Crippen molar-refractivity contribution in [2.75, 3.05) is 31.7 Å². The number of rotatable bonds is 6. The minimum Gasteiger partial charge on any atom is -0.383 e. The average molecular weight is 384 g/mol. The Morgan fingerprint density at radius 3 is 2.68 bits per heavy atom. The predicted molar refractivity (Wildman–Crippen MR) is 109 cm³/mol. The van der Waals surface area contributed by atoms with E-state index in [9.17, 15) is 9.59 Å². The van der Waals surface area contributed by atoms with Crippen LogP contribution in [0.3, 0.4) is 0 Å². The van der Waals surface area contributed by atoms with Crippen LogP contribution in [0.5, 0.6) is 0 Å². The first-order chi connectivity index (χ1) is 13.5. The van der Waals surface area contributed by atoms with Gasteiger partial charge in [-0.05, 0) is 38.3 Å². The molecule has 0 saturated carbocycles. The Labute approximate surface area is 165 Å². The normalized spacial score (nSPS) is 14.9. The molecule has 1 aliphatic rings. The molecule has 0 spiro atoms. The van der Waals surface area contributed by atoms with Gasteiger partial charge in [0.05, 0.1) is 25.0 Å². The van der Waals surface area contributed by atoms with Gasteiger partial charge in [0.2, 0.25) is 0 Å². The van der Waals surface area contributed by atoms with Gasteiger partial charge in [-0.3, -0.25) is 9.59 Å². The smallest absolute Gasteiger partial charge is 0.268 e. The maximum absolute atomic E-state index is 12.6. The highest BCUT2D eigenvalue weighted by molar-refractivity contribution is 5.96. The van der Waals surface area contributed by atoms with Crippen molar-refractivity contribution < 1.29 is 9.53 Å². The number of hydrogen-bond donors (Lipinski definition) is 1. The van der Waals surface area contributed by atoms with Gasteiger partial charge in [-0.1, -0.05) is 17.7 Å². The molecule has 0 radical (unpaired) electrons. The number of piperidine rings is 1. The predicted octanol–water partition coefficient (Wildman–Crippen LogP) is 1.91. The highest BCUT2D eigenvalue weighted by atomic mass is 16.5. The van der Waals surface area contributed by atoms with Crippen LogP contribution in [0.2, 0.25) is 0 Å². The lowest BCUT2D eigenvalue weighted by Crippen LogP contribution is -2.45. The van der Waals surface area contributed by atoms with E-state index in [1.165, 1.54) is 4.68 Å². The van der Waals surface area contributed by atoms with Crippen molar-refractivity contribution in [3.8, 4) is 0 Å². The fourth-order valence-corrected chi connectivity index (χ4v) is 3.47. The number of anilines is 1. The Bertz CT molecular complexity index is 885. The number of nitrogens with one attached hydrogen (secondary N) is 1. The third-order valence-electron chi connectivity index (χ3n) is 5.20. The van der Waals surface area contributed by atoms with Gasteiger partial charge in [0.25, 0.3) is 11.5 Å². The molecule has 28 heavy (non-hydrogen) atoms. The molecule has 1 aliphatic heterocycles. The second kappa shape index (κ2) is 9.01. The van der Waals surface area contributed by atoms with E-state index in [2.05, 4.69) is 15.3 Å². The van der Waals surface area contributed by atoms with Crippen molar-refractivity contribution in [1.82, 2.24) is 15.1 Å². The monoisotopic (exact) mass is 384 g/mol. The summed E-state index contributed by atoms with van der Waals surface area (Å²) in [6.07, 6.45) is 3.40. The lowest BCUT2D eigenvalue weighted by atomic mass is 10.0. The Balaban J connectivity index is 1.57. The SMILES string of the molecule is COCCn1ncc(N2CCC(NC(=O)c3cc(C)ccc3C)CC2)cc1=O. The molecule has 0 unspecified atom stereocenters. The molecule has 7 heteroatoms. The number of amides is 1. The first-order valence-electron chi connectivity index (χ1n) is 9.67. The van der Waals surface area contributed by atoms with Gasteiger partial charge in [0.1, 0.15) is 0 Å². The molecular formula is C21H28N4O3. The Morgan fingerprint density at radius 1 is 1.25 bits per heavy atom. The molecule has 1 aromatic heterocycles. The van der Waals surface area contributed by atoms with Crippen LogP contribution in [-0.4, -0.2) is 48.5 Å². The third kappa shape index (κ3) is 4.78. The number of benzene rings is 1. The molecule has 1 amide bonds. The maximum Gasteiger partial charge on any atom is 0.268 e. The molecule has 150 valence electrons. The van der Waals surface area contributed by atoms with E-state index < -0.39 is 0 Å². The minimum absolute atomic E-state index is 0.0120. The Morgan fingerprint density at radius 2 is 2.00 bits per heavy atom. The molecule has 0 aliphatic carbocycles. The lowest BCUT2D eigenvalue weighted by molar-refractivity contribution is 0.0930. The standard InChI is InChI=1S/C21H28N4O3/c1-15-4-5-16(2)19(12-15)21(27)23-17-6-8-24(9-7-17)18-13-20(26)25(22-14-18)10-11-28-3/h4-5,12-14,17H,6-11H2,1-3H3,(H,23,27). The Hall–Kier alpha value is -2.67. The fourth-order valence-electron chi connectivity index (χ4n) is 3.47. The van der Waals surface area contributed by atoms with Gasteiger partial charge >= 0.3 is 0 Å². The van der Waals surface area contributed by atoms with Crippen LogP contribution < -0.4 is 15.8 Å². The van der Waals surface area contributed by atoms with Gasteiger partial charge in [0.15, 0.2) is 0 Å². The summed E-state index contributed by atoms with van der Waals surface area (Å²) < 4.78 is 6.40. The van der Waals surface area contributed by atoms with Gasteiger partial charge in [-0.2, -0.15) is 5.10 Å². The number of carbonyl (C=O) groups is 1. The summed E-state index contributed by atoms with van der Waals surface area (Å²) in [5.74, 6) is -0.0120. The van der Waals surface area contributed by atoms with Crippen molar-refractivity contribution >= 4 is 11.6 Å². The van der Waals surface area contributed by atoms with Crippen molar-refractivity contribution in [2.45, 2.75) is 39.3 Å². The molecule has 2 heterocycles. The van der Waals surface area contributed by atoms with E-state index in [4.69, 9.17) is 4.74 Å². The average Bonchev–Trinajstić information content (AvgIpc) is 2.69. The summed E-state index contributed by atoms with van der Waals surface area (Å²) >= 11 is 0. The third-order valence-corrected chi connectivity index (χ3v) is 5.20. The summed E-state index contributed by atoms with van der Waals surface area (Å²) in [5.41, 5.74) is 3.52. The van der Waals surface area contributed by atoms with E-state index in [0.29, 0.717) is 13.2 Å². The molecule has 3 rings (SSSR count). The summed E-state index contributed by atoms with van der Waals surface area (Å²) in [6.45, 7) is 6.41. The molecule has 1 N–H and O–H groups in total. The molecule has 1 aromatic carbocycles. The first-order valence-corrected chi connectivity index (χ1v) is 9.67. The van der Waals surface area contributed by atoms with E-state index in [0.717, 1.165) is 48.3 Å². The number of nitrogens with zero attached hydrogens (tertiary/aromatic N) is 3. The highest BCUT2D eigenvalue weighted by Crippen LogP contribution is 2.19. The molecule has 2 aromatic rings. The molecule has 7 nitrogen and oxygen atoms in total. The summed E-state index contributed by atoms with van der Waals surface area (Å²) in [7, 11) is 1.60. The largest absolute Gasteiger partial charge is 0.383 e. The molecule has 1 saturated heterocycles. The highest BCUT2D eigenvalue weighted by Gasteiger charge is 2.22. The van der Waals surface area contributed by atoms with Crippen LogP contribution in [0.1, 0.15) is 34.3 Å². The summed E-state index contributed by atoms with van der Waals surface area (Å²) in [6, 6.07) is 7.69. The van der Waals surface area contributed by atoms with Crippen molar-refractivity contribution in [3.63, 3.8) is 0 Å². The number of methoxy groups -OCH3 is 1. The van der Waals surface area contributed by atoms with E-state index in [1.54, 1.807) is 19.4 Å². The van der Waals surface area contributed by atoms with Crippen LogP contribution in [0, 0.1) is 13.8 Å². The molecule has 1 fully saturated rings. The van der Waals surface area contributed by atoms with Crippen LogP contribution >= 0.6 is 0 Å². The molecular weight excluding hydrogens is 356 g/mol. The Kier molecular flexibility index (Phi) is 6.46. The van der Waals surface area contributed by atoms with Gasteiger partial charge in [0, 0.05) is 37.9 Å². The first kappa shape index (κ1) is 20.1. The van der Waals surface area contributed by atoms with Crippen LogP contribution in [0.15, 0.2) is 35.3 Å². The van der Waals surface area contributed by atoms with Crippen LogP contribution in [-0.2, 0) is 11.3 Å². The summed E-state index contributed by atoms with van der Waals surface area (Å²) in [4.78, 5) is 26.9. The quantitative estimate of drug-likeness (QED) is 0.823. The zero-order chi connectivity index (χ0) is 20.1. The molecule has 0 atom stereocenters. The summed E-state index contributed by atoms with van der Waals surface area (Å²) in [5, 5.41) is 7.39. The van der Waals surface area contributed by atoms with Gasteiger partial charge in [-0.25, -0.2) is 4.68 Å². The topological polar surface area (TPSA) is 76.5 Å². The fraction of sp³-hybridized carbons (Fsp3) is 0.476. The van der Waals surface area contributed by atoms with Crippen LogP contribution in [0.25, 0.3) is 0 Å². The molecule has 0 bridgehead atoms. The second-order valence-corrected chi connectivity index (χ2v) is 7.32. The number of hydrogen-bond acceptors (Lipinski definition) is 5. The van der Waals surface area contributed by atoms with E-state index >= 15 is 0 Å². The van der Waals surface area contributed by atoms with E-state index in [1.807, 2.05) is 32.0 Å². The van der Waals surface area contributed by atoms with Crippen molar-refractivity contribution in [1.29, 1.82) is 0 Å². The second-order valence-electron chi connectivity index (χ2n) is 7.32. The zero-order valence-corrected chi connectivity index (χ0v) is 16.8. The number of carbonyl (C=O) groups excluding carboxylic acids is 1. The van der Waals surface area contributed by atoms with Crippen molar-refractivity contribution in [3.05, 3.63) is 57.5 Å².